The molecule has 4 aromatic rings. The second-order valence-corrected chi connectivity index (χ2v) is 13.6. The molecule has 0 saturated carbocycles. The maximum absolute atomic E-state index is 2.52. The molecule has 0 fully saturated rings. The molecule has 4 rings (SSSR count). The zero-order chi connectivity index (χ0) is 31.7. The average molecular weight is 601 g/mol. The molecule has 0 nitrogen and oxygen atoms in total. The van der Waals surface area contributed by atoms with Crippen LogP contribution in [0.5, 0.6) is 0 Å². The van der Waals surface area contributed by atoms with Crippen molar-refractivity contribution in [3.05, 3.63) is 143 Å². The van der Waals surface area contributed by atoms with Gasteiger partial charge in [0.2, 0.25) is 0 Å². The highest BCUT2D eigenvalue weighted by molar-refractivity contribution is 5.31. The zero-order valence-electron chi connectivity index (χ0n) is 28.8. The minimum absolute atomic E-state index is 0.541. The third kappa shape index (κ3) is 10.7. The maximum Gasteiger partial charge on any atom is -0.0150 e. The van der Waals surface area contributed by atoms with Gasteiger partial charge in [0.15, 0.2) is 0 Å². The van der Waals surface area contributed by atoms with Crippen molar-refractivity contribution in [3.63, 3.8) is 0 Å². The summed E-state index contributed by atoms with van der Waals surface area (Å²) in [7, 11) is 0. The van der Waals surface area contributed by atoms with E-state index in [2.05, 4.69) is 143 Å². The Hall–Kier alpha value is -3.12. The molecule has 0 N–H and O–H groups in total. The third-order valence-electron chi connectivity index (χ3n) is 10.2. The first kappa shape index (κ1) is 34.7. The highest BCUT2D eigenvalue weighted by Gasteiger charge is 2.25. The molecule has 240 valence electrons. The van der Waals surface area contributed by atoms with Crippen molar-refractivity contribution in [1.29, 1.82) is 0 Å². The molecule has 5 atom stereocenters. The number of hydrogen-bond donors (Lipinski definition) is 0. The van der Waals surface area contributed by atoms with Gasteiger partial charge in [-0.25, -0.2) is 0 Å². The molecule has 2 unspecified atom stereocenters. The fourth-order valence-electron chi connectivity index (χ4n) is 7.79. The molecule has 0 amide bonds. The number of hydrogen-bond acceptors (Lipinski definition) is 0. The van der Waals surface area contributed by atoms with Crippen LogP contribution in [0.1, 0.15) is 162 Å². The summed E-state index contributed by atoms with van der Waals surface area (Å²) in [5.41, 5.74) is 7.62. The SMILES string of the molecule is CCCC[C@H](CC(C[C@H](CCC)c1ccccc1)c1ccc(C(CCC)C[C@H](CCC)c2ccccc2)cc1)c1ccccc1. The second-order valence-electron chi connectivity index (χ2n) is 13.6. The largest absolute Gasteiger partial charge is 0.0654 e. The Bertz CT molecular complexity index is 1290. The van der Waals surface area contributed by atoms with Crippen LogP contribution >= 0.6 is 0 Å². The van der Waals surface area contributed by atoms with Crippen LogP contribution in [-0.4, -0.2) is 0 Å². The fraction of sp³-hybridized carbons (Fsp3) is 0.467. The van der Waals surface area contributed by atoms with E-state index in [1.165, 1.54) is 105 Å². The van der Waals surface area contributed by atoms with E-state index in [1.54, 1.807) is 0 Å². The molecule has 45 heavy (non-hydrogen) atoms. The van der Waals surface area contributed by atoms with Crippen LogP contribution in [0.4, 0.5) is 0 Å². The Morgan fingerprint density at radius 3 is 0.933 bits per heavy atom. The predicted molar refractivity (Wildman–Crippen MR) is 198 cm³/mol. The summed E-state index contributed by atoms with van der Waals surface area (Å²) in [4.78, 5) is 0. The molecule has 0 saturated heterocycles. The first-order valence-corrected chi connectivity index (χ1v) is 18.4. The van der Waals surface area contributed by atoms with Gasteiger partial charge in [-0.15, -0.1) is 0 Å². The predicted octanol–water partition coefficient (Wildman–Crippen LogP) is 14.0. The van der Waals surface area contributed by atoms with Crippen molar-refractivity contribution in [1.82, 2.24) is 0 Å². The minimum atomic E-state index is 0.541. The molecule has 0 aliphatic carbocycles. The van der Waals surface area contributed by atoms with Gasteiger partial charge in [-0.1, -0.05) is 175 Å². The molecular weight excluding hydrogens is 540 g/mol. The summed E-state index contributed by atoms with van der Waals surface area (Å²) in [6.45, 7) is 9.37. The lowest BCUT2D eigenvalue weighted by Crippen LogP contribution is -2.12. The van der Waals surface area contributed by atoms with Crippen LogP contribution in [0.15, 0.2) is 115 Å². The summed E-state index contributed by atoms with van der Waals surface area (Å²) >= 11 is 0. The molecule has 0 bridgehead atoms. The molecule has 0 heteroatoms. The Labute approximate surface area is 276 Å². The van der Waals surface area contributed by atoms with E-state index in [1.807, 2.05) is 0 Å². The Balaban J connectivity index is 1.64. The van der Waals surface area contributed by atoms with Crippen LogP contribution in [0.3, 0.4) is 0 Å². The van der Waals surface area contributed by atoms with Gasteiger partial charge in [0.1, 0.15) is 0 Å². The summed E-state index contributed by atoms with van der Waals surface area (Å²) in [5.74, 6) is 2.98. The van der Waals surface area contributed by atoms with E-state index >= 15 is 0 Å². The van der Waals surface area contributed by atoms with Crippen molar-refractivity contribution in [2.24, 2.45) is 0 Å². The lowest BCUT2D eigenvalue weighted by molar-refractivity contribution is 0.428. The zero-order valence-corrected chi connectivity index (χ0v) is 28.8. The van der Waals surface area contributed by atoms with E-state index in [0.717, 1.165) is 0 Å². The topological polar surface area (TPSA) is 0 Å². The van der Waals surface area contributed by atoms with E-state index < -0.39 is 0 Å². The van der Waals surface area contributed by atoms with E-state index in [0.29, 0.717) is 29.6 Å². The van der Waals surface area contributed by atoms with Gasteiger partial charge >= 0.3 is 0 Å². The normalized spacial score (nSPS) is 14.8. The standard InChI is InChI=1S/C45H60/c1-5-9-22-44(38-27-17-12-18-28-38)35-45(34-43(21-8-4)37-25-15-11-16-26-37)40-31-29-39(30-32-40)42(20-7-3)33-41(19-6-2)36-23-13-10-14-24-36/h10-18,23-32,41-45H,5-9,19-22,33-35H2,1-4H3/t41-,42?,43-,44+,45?/m0/s1. The minimum Gasteiger partial charge on any atom is -0.0654 e. The average Bonchev–Trinajstić information content (AvgIpc) is 3.10. The number of rotatable bonds is 20. The van der Waals surface area contributed by atoms with Gasteiger partial charge in [-0.05, 0) is 102 Å². The smallest absolute Gasteiger partial charge is 0.0150 e. The third-order valence-corrected chi connectivity index (χ3v) is 10.2. The lowest BCUT2D eigenvalue weighted by Gasteiger charge is -2.29. The summed E-state index contributed by atoms with van der Waals surface area (Å²) < 4.78 is 0. The maximum atomic E-state index is 2.52. The molecule has 0 aromatic heterocycles. The van der Waals surface area contributed by atoms with Crippen LogP contribution in [0, 0.1) is 0 Å². The molecule has 0 radical (unpaired) electrons. The first-order valence-electron chi connectivity index (χ1n) is 18.4. The van der Waals surface area contributed by atoms with Crippen LogP contribution in [-0.2, 0) is 0 Å². The molecule has 0 heterocycles. The quantitative estimate of drug-likeness (QED) is 0.0946. The molecular formula is C45H60. The highest BCUT2D eigenvalue weighted by atomic mass is 14.3. The monoisotopic (exact) mass is 600 g/mol. The summed E-state index contributed by atoms with van der Waals surface area (Å²) in [6.07, 6.45) is 15.0. The van der Waals surface area contributed by atoms with Gasteiger partial charge in [0, 0.05) is 0 Å². The van der Waals surface area contributed by atoms with Gasteiger partial charge in [-0.2, -0.15) is 0 Å². The van der Waals surface area contributed by atoms with E-state index in [9.17, 15) is 0 Å². The van der Waals surface area contributed by atoms with Crippen molar-refractivity contribution in [2.45, 2.75) is 134 Å². The van der Waals surface area contributed by atoms with Gasteiger partial charge in [0.05, 0.1) is 0 Å². The van der Waals surface area contributed by atoms with Gasteiger partial charge in [-0.3, -0.25) is 0 Å². The molecule has 0 spiro atoms. The van der Waals surface area contributed by atoms with E-state index in [4.69, 9.17) is 0 Å². The van der Waals surface area contributed by atoms with Crippen molar-refractivity contribution < 1.29 is 0 Å². The Morgan fingerprint density at radius 1 is 0.311 bits per heavy atom. The fourth-order valence-corrected chi connectivity index (χ4v) is 7.79. The summed E-state index contributed by atoms with van der Waals surface area (Å²) in [6, 6.07) is 44.1. The van der Waals surface area contributed by atoms with Gasteiger partial charge < -0.3 is 0 Å². The Kier molecular flexibility index (Phi) is 15.0. The van der Waals surface area contributed by atoms with Crippen LogP contribution < -0.4 is 0 Å². The molecule has 4 aromatic carbocycles. The lowest BCUT2D eigenvalue weighted by atomic mass is 9.75. The van der Waals surface area contributed by atoms with Crippen LogP contribution in [0.25, 0.3) is 0 Å². The van der Waals surface area contributed by atoms with Crippen molar-refractivity contribution >= 4 is 0 Å². The van der Waals surface area contributed by atoms with Crippen LogP contribution in [0.2, 0.25) is 0 Å². The number of unbranched alkanes of at least 4 members (excludes halogenated alkanes) is 1. The first-order chi connectivity index (χ1) is 22.2. The molecule has 0 aliphatic rings. The van der Waals surface area contributed by atoms with Crippen molar-refractivity contribution in [3.8, 4) is 0 Å². The number of benzene rings is 4. The van der Waals surface area contributed by atoms with Crippen molar-refractivity contribution in [2.75, 3.05) is 0 Å². The second kappa shape index (κ2) is 19.4. The molecule has 0 aliphatic heterocycles. The highest BCUT2D eigenvalue weighted by Crippen LogP contribution is 2.42. The van der Waals surface area contributed by atoms with E-state index in [-0.39, 0.29) is 0 Å². The summed E-state index contributed by atoms with van der Waals surface area (Å²) in [5, 5.41) is 0. The Morgan fingerprint density at radius 2 is 0.600 bits per heavy atom. The van der Waals surface area contributed by atoms with Gasteiger partial charge in [0.25, 0.3) is 0 Å².